The highest BCUT2D eigenvalue weighted by molar-refractivity contribution is 5.87. The molecule has 0 radical (unpaired) electrons. The maximum absolute atomic E-state index is 11.8. The molecule has 3 atom stereocenters. The summed E-state index contributed by atoms with van der Waals surface area (Å²) >= 11 is 0. The van der Waals surface area contributed by atoms with Gasteiger partial charge in [-0.3, -0.25) is 4.79 Å². The van der Waals surface area contributed by atoms with E-state index < -0.39 is 24.2 Å². The molecule has 0 aliphatic carbocycles. The number of ether oxygens (including phenoxy) is 1. The molecular weight excluding hydrogens is 290 g/mol. The summed E-state index contributed by atoms with van der Waals surface area (Å²) in [7, 11) is 0. The zero-order valence-corrected chi connectivity index (χ0v) is 12.2. The summed E-state index contributed by atoms with van der Waals surface area (Å²) in [6, 6.07) is 5.21. The van der Waals surface area contributed by atoms with Gasteiger partial charge in [0.1, 0.15) is 18.5 Å². The molecule has 1 amide bonds. The summed E-state index contributed by atoms with van der Waals surface area (Å²) < 4.78 is 5.51. The largest absolute Gasteiger partial charge is 0.491 e. The Morgan fingerprint density at radius 1 is 1.27 bits per heavy atom. The average Bonchev–Trinajstić information content (AvgIpc) is 2.80. The molecule has 0 spiro atoms. The molecule has 0 unspecified atom stereocenters. The monoisotopic (exact) mass is 309 g/mol. The lowest BCUT2D eigenvalue weighted by atomic mass is 10.1. The van der Waals surface area contributed by atoms with Crippen LogP contribution in [0.1, 0.15) is 23.7 Å². The average molecular weight is 309 g/mol. The Kier molecular flexibility index (Phi) is 4.99. The van der Waals surface area contributed by atoms with Crippen molar-refractivity contribution >= 4 is 11.9 Å². The second kappa shape index (κ2) is 6.76. The van der Waals surface area contributed by atoms with E-state index in [1.807, 2.05) is 0 Å². The topological polar surface area (TPSA) is 107 Å². The van der Waals surface area contributed by atoms with Crippen molar-refractivity contribution in [3.63, 3.8) is 0 Å². The third-order valence-electron chi connectivity index (χ3n) is 3.72. The zero-order valence-electron chi connectivity index (χ0n) is 12.2. The first-order chi connectivity index (χ1) is 10.4. The fraction of sp³-hybridized carbons (Fsp3) is 0.467. The quantitative estimate of drug-likeness (QED) is 0.712. The van der Waals surface area contributed by atoms with Crippen LogP contribution in [0.2, 0.25) is 0 Å². The highest BCUT2D eigenvalue weighted by Crippen LogP contribution is 2.21. The first kappa shape index (κ1) is 16.3. The van der Waals surface area contributed by atoms with E-state index >= 15 is 0 Å². The fourth-order valence-electron chi connectivity index (χ4n) is 2.44. The van der Waals surface area contributed by atoms with Gasteiger partial charge in [0.05, 0.1) is 17.7 Å². The van der Waals surface area contributed by atoms with Crippen LogP contribution in [0.15, 0.2) is 24.3 Å². The predicted octanol–water partition coefficient (Wildman–Crippen LogP) is 0.106. The Labute approximate surface area is 127 Å². The number of carbonyl (C=O) groups is 2. The molecule has 1 fully saturated rings. The molecule has 22 heavy (non-hydrogen) atoms. The molecule has 7 nitrogen and oxygen atoms in total. The normalized spacial score (nSPS) is 24.3. The van der Waals surface area contributed by atoms with Crippen molar-refractivity contribution in [3.8, 4) is 5.75 Å². The molecule has 1 aromatic rings. The van der Waals surface area contributed by atoms with Crippen LogP contribution in [-0.4, -0.2) is 63.5 Å². The van der Waals surface area contributed by atoms with Crippen LogP contribution in [0.25, 0.3) is 0 Å². The molecule has 1 aliphatic heterocycles. The van der Waals surface area contributed by atoms with Crippen LogP contribution in [-0.2, 0) is 4.79 Å². The number of amides is 1. The van der Waals surface area contributed by atoms with Gasteiger partial charge in [0, 0.05) is 13.0 Å². The first-order valence-electron chi connectivity index (χ1n) is 7.05. The summed E-state index contributed by atoms with van der Waals surface area (Å²) in [6.07, 6.45) is -1.77. The number of aliphatic hydroxyl groups is 2. The zero-order chi connectivity index (χ0) is 16.3. The van der Waals surface area contributed by atoms with Gasteiger partial charge >= 0.3 is 5.97 Å². The van der Waals surface area contributed by atoms with Gasteiger partial charge in [0.25, 0.3) is 0 Å². The van der Waals surface area contributed by atoms with E-state index in [1.165, 1.54) is 29.2 Å². The minimum atomic E-state index is -1.06. The molecule has 120 valence electrons. The Morgan fingerprint density at radius 3 is 2.45 bits per heavy atom. The van der Waals surface area contributed by atoms with E-state index in [4.69, 9.17) is 9.84 Å². The number of rotatable bonds is 5. The summed E-state index contributed by atoms with van der Waals surface area (Å²) in [5.74, 6) is -0.756. The van der Waals surface area contributed by atoms with Gasteiger partial charge in [0.15, 0.2) is 0 Å². The van der Waals surface area contributed by atoms with Crippen LogP contribution in [0.4, 0.5) is 0 Å². The number of carbonyl (C=O) groups excluding carboxylic acids is 1. The Bertz CT molecular complexity index is 543. The van der Waals surface area contributed by atoms with Crippen molar-refractivity contribution in [2.45, 2.75) is 31.6 Å². The predicted molar refractivity (Wildman–Crippen MR) is 76.7 cm³/mol. The highest BCUT2D eigenvalue weighted by atomic mass is 16.5. The van der Waals surface area contributed by atoms with Crippen LogP contribution >= 0.6 is 0 Å². The first-order valence-corrected chi connectivity index (χ1v) is 7.05. The molecule has 7 heteroatoms. The van der Waals surface area contributed by atoms with E-state index in [1.54, 1.807) is 6.92 Å². The standard InChI is InChI=1S/C15H19NO6/c1-2-13(18)16-7-12(17)14(19)11(16)8-22-10-5-3-9(4-6-10)15(20)21/h3-6,11-12,14,17,19H,2,7-8H2,1H3,(H,20,21)/t11-,12+,14-/m1/s1. The lowest BCUT2D eigenvalue weighted by Gasteiger charge is -2.25. The number of nitrogens with zero attached hydrogens (tertiary/aromatic N) is 1. The number of aliphatic hydroxyl groups excluding tert-OH is 2. The molecule has 0 bridgehead atoms. The van der Waals surface area contributed by atoms with Crippen molar-refractivity contribution in [1.82, 2.24) is 4.90 Å². The van der Waals surface area contributed by atoms with E-state index in [9.17, 15) is 19.8 Å². The van der Waals surface area contributed by atoms with Crippen LogP contribution < -0.4 is 4.74 Å². The van der Waals surface area contributed by atoms with E-state index in [-0.39, 0.29) is 31.0 Å². The minimum Gasteiger partial charge on any atom is -0.491 e. The van der Waals surface area contributed by atoms with Gasteiger partial charge < -0.3 is 25.0 Å². The molecule has 0 aromatic heterocycles. The number of aromatic carboxylic acids is 1. The van der Waals surface area contributed by atoms with E-state index in [0.717, 1.165) is 0 Å². The molecule has 1 heterocycles. The van der Waals surface area contributed by atoms with Crippen LogP contribution in [0.5, 0.6) is 5.75 Å². The number of likely N-dealkylation sites (tertiary alicyclic amines) is 1. The molecule has 1 aliphatic rings. The Balaban J connectivity index is 2.02. The Hall–Kier alpha value is -2.12. The fourth-order valence-corrected chi connectivity index (χ4v) is 2.44. The molecule has 1 saturated heterocycles. The summed E-state index contributed by atoms with van der Waals surface area (Å²) in [5, 5.41) is 28.5. The molecule has 3 N–H and O–H groups in total. The number of hydrogen-bond acceptors (Lipinski definition) is 5. The van der Waals surface area contributed by atoms with Gasteiger partial charge in [-0.1, -0.05) is 6.92 Å². The second-order valence-corrected chi connectivity index (χ2v) is 5.17. The lowest BCUT2D eigenvalue weighted by molar-refractivity contribution is -0.133. The SMILES string of the molecule is CCC(=O)N1C[C@H](O)[C@H](O)[C@H]1COc1ccc(C(=O)O)cc1. The summed E-state index contributed by atoms with van der Waals surface area (Å²) in [4.78, 5) is 24.0. The molecular formula is C15H19NO6. The Morgan fingerprint density at radius 2 is 1.91 bits per heavy atom. The number of carboxylic acids is 1. The molecule has 2 rings (SSSR count). The van der Waals surface area contributed by atoms with Gasteiger partial charge in [-0.15, -0.1) is 0 Å². The summed E-state index contributed by atoms with van der Waals surface area (Å²) in [5.41, 5.74) is 0.145. The minimum absolute atomic E-state index is 0.0242. The molecule has 1 aromatic carbocycles. The van der Waals surface area contributed by atoms with Crippen molar-refractivity contribution in [1.29, 1.82) is 0 Å². The van der Waals surface area contributed by atoms with Gasteiger partial charge in [-0.25, -0.2) is 4.79 Å². The smallest absolute Gasteiger partial charge is 0.335 e. The van der Waals surface area contributed by atoms with Crippen molar-refractivity contribution < 1.29 is 29.6 Å². The van der Waals surface area contributed by atoms with Crippen molar-refractivity contribution in [2.75, 3.05) is 13.2 Å². The van der Waals surface area contributed by atoms with Gasteiger partial charge in [0.2, 0.25) is 5.91 Å². The van der Waals surface area contributed by atoms with Crippen molar-refractivity contribution in [3.05, 3.63) is 29.8 Å². The summed E-state index contributed by atoms with van der Waals surface area (Å²) in [6.45, 7) is 1.82. The second-order valence-electron chi connectivity index (χ2n) is 5.17. The highest BCUT2D eigenvalue weighted by Gasteiger charge is 2.42. The van der Waals surface area contributed by atoms with Crippen LogP contribution in [0, 0.1) is 0 Å². The third-order valence-corrected chi connectivity index (χ3v) is 3.72. The van der Waals surface area contributed by atoms with Crippen LogP contribution in [0.3, 0.4) is 0 Å². The third kappa shape index (κ3) is 3.37. The van der Waals surface area contributed by atoms with E-state index in [0.29, 0.717) is 5.75 Å². The number of β-amino-alcohol motifs (C(OH)–C–C–N with tert-alkyl or cyclic N) is 1. The van der Waals surface area contributed by atoms with E-state index in [2.05, 4.69) is 0 Å². The maximum Gasteiger partial charge on any atom is 0.335 e. The molecule has 0 saturated carbocycles. The van der Waals surface area contributed by atoms with Crippen molar-refractivity contribution in [2.24, 2.45) is 0 Å². The van der Waals surface area contributed by atoms with Gasteiger partial charge in [-0.05, 0) is 24.3 Å². The number of hydrogen-bond donors (Lipinski definition) is 3. The maximum atomic E-state index is 11.8. The van der Waals surface area contributed by atoms with Gasteiger partial charge in [-0.2, -0.15) is 0 Å². The number of benzene rings is 1. The lowest BCUT2D eigenvalue weighted by Crippen LogP contribution is -2.43. The number of carboxylic acid groups (broad SMARTS) is 1.